The molecular formula is C22H29N3O3. The zero-order chi connectivity index (χ0) is 19.9. The molecule has 2 aromatic carbocycles. The molecule has 0 radical (unpaired) electrons. The number of anilines is 1. The van der Waals surface area contributed by atoms with Gasteiger partial charge in [0.25, 0.3) is 0 Å². The molecule has 0 aliphatic carbocycles. The molecule has 1 fully saturated rings. The Bertz CT molecular complexity index is 784. The van der Waals surface area contributed by atoms with E-state index in [-0.39, 0.29) is 11.7 Å². The molecule has 0 atom stereocenters. The molecule has 3 rings (SSSR count). The molecule has 0 saturated carbocycles. The number of phenols is 1. The van der Waals surface area contributed by atoms with E-state index in [2.05, 4.69) is 28.1 Å². The number of hydrogen-bond donors (Lipinski definition) is 2. The standard InChI is InChI=1S/C22H29N3O3/c1-17-3-8-21(18(2)15-17)28-14-9-23-22(27)16-24-10-12-25(13-11-24)19-4-6-20(26)7-5-19/h3-8,15,26H,9-14,16H2,1-2H3,(H,23,27). The number of piperazine rings is 1. The number of nitrogens with zero attached hydrogens (tertiary/aromatic N) is 2. The van der Waals surface area contributed by atoms with Crippen LogP contribution in [0.25, 0.3) is 0 Å². The molecule has 1 aliphatic heterocycles. The monoisotopic (exact) mass is 383 g/mol. The Kier molecular flexibility index (Phi) is 6.76. The van der Waals surface area contributed by atoms with Crippen molar-refractivity contribution < 1.29 is 14.6 Å². The number of rotatable bonds is 7. The third-order valence-electron chi connectivity index (χ3n) is 4.97. The minimum Gasteiger partial charge on any atom is -0.508 e. The van der Waals surface area contributed by atoms with Gasteiger partial charge < -0.3 is 20.1 Å². The van der Waals surface area contributed by atoms with Gasteiger partial charge in [-0.15, -0.1) is 0 Å². The highest BCUT2D eigenvalue weighted by Crippen LogP contribution is 2.20. The van der Waals surface area contributed by atoms with Gasteiger partial charge in [0.1, 0.15) is 18.1 Å². The average Bonchev–Trinajstić information content (AvgIpc) is 2.68. The summed E-state index contributed by atoms with van der Waals surface area (Å²) in [5, 5.41) is 12.3. The second-order valence-electron chi connectivity index (χ2n) is 7.25. The molecule has 1 heterocycles. The van der Waals surface area contributed by atoms with Crippen molar-refractivity contribution in [2.45, 2.75) is 13.8 Å². The van der Waals surface area contributed by atoms with Crippen LogP contribution in [0.3, 0.4) is 0 Å². The zero-order valence-electron chi connectivity index (χ0n) is 16.6. The van der Waals surface area contributed by atoms with Crippen LogP contribution in [0.5, 0.6) is 11.5 Å². The van der Waals surface area contributed by atoms with Gasteiger partial charge in [-0.1, -0.05) is 17.7 Å². The largest absolute Gasteiger partial charge is 0.508 e. The summed E-state index contributed by atoms with van der Waals surface area (Å²) in [6, 6.07) is 13.3. The van der Waals surface area contributed by atoms with Crippen molar-refractivity contribution in [3.63, 3.8) is 0 Å². The Morgan fingerprint density at radius 1 is 1.07 bits per heavy atom. The Labute approximate surface area is 166 Å². The van der Waals surface area contributed by atoms with E-state index in [1.54, 1.807) is 12.1 Å². The molecular weight excluding hydrogens is 354 g/mol. The topological polar surface area (TPSA) is 65.0 Å². The van der Waals surface area contributed by atoms with Crippen LogP contribution in [0.15, 0.2) is 42.5 Å². The third kappa shape index (κ3) is 5.63. The van der Waals surface area contributed by atoms with Crippen LogP contribution in [0, 0.1) is 13.8 Å². The predicted molar refractivity (Wildman–Crippen MR) is 111 cm³/mol. The Morgan fingerprint density at radius 3 is 2.46 bits per heavy atom. The molecule has 0 bridgehead atoms. The van der Waals surface area contributed by atoms with Crippen molar-refractivity contribution >= 4 is 11.6 Å². The molecule has 0 unspecified atom stereocenters. The van der Waals surface area contributed by atoms with Crippen LogP contribution >= 0.6 is 0 Å². The van der Waals surface area contributed by atoms with Crippen LogP contribution in [0.4, 0.5) is 5.69 Å². The van der Waals surface area contributed by atoms with Crippen LogP contribution in [0.2, 0.25) is 0 Å². The van der Waals surface area contributed by atoms with Gasteiger partial charge in [0.05, 0.1) is 13.1 Å². The lowest BCUT2D eigenvalue weighted by molar-refractivity contribution is -0.122. The number of nitrogens with one attached hydrogen (secondary N) is 1. The fourth-order valence-corrected chi connectivity index (χ4v) is 3.40. The number of amides is 1. The van der Waals surface area contributed by atoms with Crippen molar-refractivity contribution in [1.82, 2.24) is 10.2 Å². The van der Waals surface area contributed by atoms with Crippen LogP contribution in [-0.2, 0) is 4.79 Å². The van der Waals surface area contributed by atoms with Gasteiger partial charge in [-0.25, -0.2) is 0 Å². The van der Waals surface area contributed by atoms with Crippen molar-refractivity contribution in [3.05, 3.63) is 53.6 Å². The number of ether oxygens (including phenoxy) is 1. The molecule has 1 aliphatic rings. The quantitative estimate of drug-likeness (QED) is 0.719. The number of benzene rings is 2. The maximum Gasteiger partial charge on any atom is 0.234 e. The molecule has 1 saturated heterocycles. The first-order chi connectivity index (χ1) is 13.5. The number of carbonyl (C=O) groups excluding carboxylic acids is 1. The van der Waals surface area contributed by atoms with Crippen LogP contribution in [-0.4, -0.2) is 61.8 Å². The predicted octanol–water partition coefficient (Wildman–Crippen LogP) is 2.33. The molecule has 0 aromatic heterocycles. The Morgan fingerprint density at radius 2 is 1.79 bits per heavy atom. The lowest BCUT2D eigenvalue weighted by Gasteiger charge is -2.35. The highest BCUT2D eigenvalue weighted by Gasteiger charge is 2.19. The van der Waals surface area contributed by atoms with Crippen molar-refractivity contribution in [3.8, 4) is 11.5 Å². The number of aromatic hydroxyl groups is 1. The lowest BCUT2D eigenvalue weighted by Crippen LogP contribution is -2.49. The molecule has 0 spiro atoms. The van der Waals surface area contributed by atoms with E-state index in [1.165, 1.54) is 5.56 Å². The maximum atomic E-state index is 12.2. The summed E-state index contributed by atoms with van der Waals surface area (Å²) in [5.74, 6) is 1.17. The van der Waals surface area contributed by atoms with E-state index in [0.29, 0.717) is 19.7 Å². The summed E-state index contributed by atoms with van der Waals surface area (Å²) >= 11 is 0. The van der Waals surface area contributed by atoms with E-state index in [0.717, 1.165) is 43.2 Å². The highest BCUT2D eigenvalue weighted by atomic mass is 16.5. The fraction of sp³-hybridized carbons (Fsp3) is 0.409. The minimum absolute atomic E-state index is 0.0299. The highest BCUT2D eigenvalue weighted by molar-refractivity contribution is 5.78. The van der Waals surface area contributed by atoms with Gasteiger partial charge in [-0.2, -0.15) is 0 Å². The van der Waals surface area contributed by atoms with E-state index in [1.807, 2.05) is 31.2 Å². The number of hydrogen-bond acceptors (Lipinski definition) is 5. The van der Waals surface area contributed by atoms with Gasteiger partial charge in [-0.3, -0.25) is 9.69 Å². The summed E-state index contributed by atoms with van der Waals surface area (Å²) in [4.78, 5) is 16.6. The molecule has 6 nitrogen and oxygen atoms in total. The summed E-state index contributed by atoms with van der Waals surface area (Å²) in [6.07, 6.45) is 0. The Hall–Kier alpha value is -2.73. The number of carbonyl (C=O) groups is 1. The fourth-order valence-electron chi connectivity index (χ4n) is 3.40. The van der Waals surface area contributed by atoms with E-state index in [9.17, 15) is 9.90 Å². The van der Waals surface area contributed by atoms with Gasteiger partial charge >= 0.3 is 0 Å². The summed E-state index contributed by atoms with van der Waals surface area (Å²) < 4.78 is 5.75. The smallest absolute Gasteiger partial charge is 0.234 e. The van der Waals surface area contributed by atoms with E-state index >= 15 is 0 Å². The van der Waals surface area contributed by atoms with Crippen LogP contribution < -0.4 is 15.0 Å². The Balaban J connectivity index is 1.34. The summed E-state index contributed by atoms with van der Waals surface area (Å²) in [7, 11) is 0. The second-order valence-corrected chi connectivity index (χ2v) is 7.25. The molecule has 2 N–H and O–H groups in total. The average molecular weight is 383 g/mol. The first-order valence-corrected chi connectivity index (χ1v) is 9.74. The molecule has 6 heteroatoms. The van der Waals surface area contributed by atoms with Crippen molar-refractivity contribution in [2.75, 3.05) is 50.8 Å². The first kappa shape index (κ1) is 20.0. The van der Waals surface area contributed by atoms with Crippen molar-refractivity contribution in [1.29, 1.82) is 0 Å². The lowest BCUT2D eigenvalue weighted by atomic mass is 10.1. The SMILES string of the molecule is Cc1ccc(OCCNC(=O)CN2CCN(c3ccc(O)cc3)CC2)c(C)c1. The van der Waals surface area contributed by atoms with Gasteiger partial charge in [0.2, 0.25) is 5.91 Å². The molecule has 1 amide bonds. The van der Waals surface area contributed by atoms with E-state index < -0.39 is 0 Å². The first-order valence-electron chi connectivity index (χ1n) is 9.74. The normalized spacial score (nSPS) is 14.7. The van der Waals surface area contributed by atoms with Gasteiger partial charge in [-0.05, 0) is 49.7 Å². The summed E-state index contributed by atoms with van der Waals surface area (Å²) in [5.41, 5.74) is 3.42. The van der Waals surface area contributed by atoms with Crippen LogP contribution in [0.1, 0.15) is 11.1 Å². The minimum atomic E-state index is 0.0299. The zero-order valence-corrected chi connectivity index (χ0v) is 16.6. The number of phenolic OH excluding ortho intramolecular Hbond substituents is 1. The van der Waals surface area contributed by atoms with E-state index in [4.69, 9.17) is 4.74 Å². The molecule has 2 aromatic rings. The second kappa shape index (κ2) is 9.46. The third-order valence-corrected chi connectivity index (χ3v) is 4.97. The van der Waals surface area contributed by atoms with Gasteiger partial charge in [0.15, 0.2) is 0 Å². The van der Waals surface area contributed by atoms with Crippen molar-refractivity contribution in [2.24, 2.45) is 0 Å². The number of aryl methyl sites for hydroxylation is 2. The molecule has 150 valence electrons. The maximum absolute atomic E-state index is 12.2. The van der Waals surface area contributed by atoms with Gasteiger partial charge in [0, 0.05) is 31.9 Å². The molecule has 28 heavy (non-hydrogen) atoms. The summed E-state index contributed by atoms with van der Waals surface area (Å²) in [6.45, 7) is 8.87.